The SMILES string of the molecule is CNC(=O)c1c(I)c(NCOC)c(I)c(C(=O)Cl)c1I. The number of hydrogen-bond donors (Lipinski definition) is 2. The van der Waals surface area contributed by atoms with Crippen LogP contribution in [0.1, 0.15) is 20.7 Å². The van der Waals surface area contributed by atoms with Crippen molar-refractivity contribution in [1.29, 1.82) is 0 Å². The normalized spacial score (nSPS) is 10.3. The van der Waals surface area contributed by atoms with Crippen molar-refractivity contribution in [3.63, 3.8) is 0 Å². The maximum absolute atomic E-state index is 12.0. The molecule has 2 N–H and O–H groups in total. The molecule has 0 fully saturated rings. The van der Waals surface area contributed by atoms with Gasteiger partial charge in [-0.1, -0.05) is 0 Å². The van der Waals surface area contributed by atoms with Crippen molar-refractivity contribution in [3.05, 3.63) is 21.8 Å². The monoisotopic (exact) mass is 634 g/mol. The molecule has 0 aromatic heterocycles. The van der Waals surface area contributed by atoms with Crippen LogP contribution in [0, 0.1) is 10.7 Å². The topological polar surface area (TPSA) is 67.4 Å². The molecule has 0 heterocycles. The molecular formula is C11H10ClI3N2O3. The van der Waals surface area contributed by atoms with Gasteiger partial charge in [0.25, 0.3) is 11.1 Å². The second-order valence-corrected chi connectivity index (χ2v) is 7.11. The van der Waals surface area contributed by atoms with E-state index in [-0.39, 0.29) is 12.6 Å². The second-order valence-electron chi connectivity index (χ2n) is 3.53. The first kappa shape index (κ1) is 18.6. The fourth-order valence-electron chi connectivity index (χ4n) is 1.46. The summed E-state index contributed by atoms with van der Waals surface area (Å²) in [4.78, 5) is 23.7. The molecule has 0 aliphatic carbocycles. The van der Waals surface area contributed by atoms with Gasteiger partial charge in [0.15, 0.2) is 0 Å². The van der Waals surface area contributed by atoms with E-state index < -0.39 is 5.24 Å². The minimum atomic E-state index is -0.596. The van der Waals surface area contributed by atoms with E-state index in [1.54, 1.807) is 7.11 Å². The number of benzene rings is 1. The smallest absolute Gasteiger partial charge is 0.254 e. The van der Waals surface area contributed by atoms with Crippen molar-refractivity contribution in [1.82, 2.24) is 5.32 Å². The van der Waals surface area contributed by atoms with E-state index in [0.717, 1.165) is 3.57 Å². The summed E-state index contributed by atoms with van der Waals surface area (Å²) in [6.07, 6.45) is 0. The number of methoxy groups -OCH3 is 1. The summed E-state index contributed by atoms with van der Waals surface area (Å²) in [5, 5.41) is 5.01. The van der Waals surface area contributed by atoms with Crippen LogP contribution in [0.15, 0.2) is 0 Å². The number of anilines is 1. The van der Waals surface area contributed by atoms with Gasteiger partial charge in [0, 0.05) is 17.7 Å². The number of nitrogens with one attached hydrogen (secondary N) is 2. The lowest BCUT2D eigenvalue weighted by Crippen LogP contribution is -2.23. The average Bonchev–Trinajstić information content (AvgIpc) is 2.37. The first-order chi connectivity index (χ1) is 9.36. The largest absolute Gasteiger partial charge is 0.365 e. The Bertz CT molecular complexity index is 567. The van der Waals surface area contributed by atoms with Gasteiger partial charge in [-0.25, -0.2) is 0 Å². The number of rotatable bonds is 5. The third-order valence-electron chi connectivity index (χ3n) is 2.36. The van der Waals surface area contributed by atoms with Gasteiger partial charge in [0.1, 0.15) is 6.73 Å². The molecule has 5 nitrogen and oxygen atoms in total. The molecule has 1 rings (SSSR count). The maximum atomic E-state index is 12.0. The van der Waals surface area contributed by atoms with Crippen LogP contribution in [0.25, 0.3) is 0 Å². The van der Waals surface area contributed by atoms with E-state index >= 15 is 0 Å². The van der Waals surface area contributed by atoms with Crippen LogP contribution >= 0.6 is 79.4 Å². The summed E-state index contributed by atoms with van der Waals surface area (Å²) in [5.74, 6) is -0.269. The molecule has 0 aliphatic rings. The van der Waals surface area contributed by atoms with E-state index in [2.05, 4.69) is 33.2 Å². The molecule has 1 amide bonds. The van der Waals surface area contributed by atoms with Crippen LogP contribution in [0.2, 0.25) is 0 Å². The summed E-state index contributed by atoms with van der Waals surface area (Å²) in [7, 11) is 3.09. The second kappa shape index (κ2) is 8.29. The van der Waals surface area contributed by atoms with Crippen LogP contribution in [0.5, 0.6) is 0 Å². The Morgan fingerprint density at radius 1 is 1.15 bits per heavy atom. The minimum absolute atomic E-state index is 0.260. The molecule has 0 aliphatic heterocycles. The van der Waals surface area contributed by atoms with Crippen molar-refractivity contribution >= 4 is 96.2 Å². The minimum Gasteiger partial charge on any atom is -0.365 e. The van der Waals surface area contributed by atoms with Crippen LogP contribution in [0.3, 0.4) is 0 Å². The Balaban J connectivity index is 3.64. The Morgan fingerprint density at radius 3 is 2.15 bits per heavy atom. The molecule has 1 aromatic rings. The number of ether oxygens (including phenoxy) is 1. The lowest BCUT2D eigenvalue weighted by Gasteiger charge is -2.17. The average molecular weight is 634 g/mol. The third kappa shape index (κ3) is 3.87. The van der Waals surface area contributed by atoms with Crippen molar-refractivity contribution in [2.75, 3.05) is 26.2 Å². The van der Waals surface area contributed by atoms with Crippen LogP contribution in [0.4, 0.5) is 5.69 Å². The van der Waals surface area contributed by atoms with E-state index in [1.807, 2.05) is 45.2 Å². The zero-order valence-electron chi connectivity index (χ0n) is 10.4. The van der Waals surface area contributed by atoms with Crippen molar-refractivity contribution in [2.24, 2.45) is 0 Å². The predicted molar refractivity (Wildman–Crippen MR) is 104 cm³/mol. The van der Waals surface area contributed by atoms with Crippen molar-refractivity contribution < 1.29 is 14.3 Å². The highest BCUT2D eigenvalue weighted by atomic mass is 127. The first-order valence-electron chi connectivity index (χ1n) is 5.21. The molecule has 1 aromatic carbocycles. The van der Waals surface area contributed by atoms with Crippen molar-refractivity contribution in [2.45, 2.75) is 0 Å². The highest BCUT2D eigenvalue weighted by Crippen LogP contribution is 2.36. The zero-order valence-corrected chi connectivity index (χ0v) is 17.7. The number of carbonyl (C=O) groups excluding carboxylic acids is 2. The van der Waals surface area contributed by atoms with Gasteiger partial charge < -0.3 is 15.4 Å². The van der Waals surface area contributed by atoms with Crippen LogP contribution in [-0.2, 0) is 4.74 Å². The van der Waals surface area contributed by atoms with Crippen molar-refractivity contribution in [3.8, 4) is 0 Å². The van der Waals surface area contributed by atoms with Gasteiger partial charge in [0.05, 0.1) is 24.0 Å². The van der Waals surface area contributed by atoms with Gasteiger partial charge >= 0.3 is 0 Å². The summed E-state index contributed by atoms with van der Waals surface area (Å²) in [6, 6.07) is 0. The zero-order chi connectivity index (χ0) is 15.4. The molecule has 0 radical (unpaired) electrons. The Labute approximate surface area is 162 Å². The number of halogens is 4. The fourth-order valence-corrected chi connectivity index (χ4v) is 6.50. The first-order valence-corrected chi connectivity index (χ1v) is 8.83. The Morgan fingerprint density at radius 2 is 1.70 bits per heavy atom. The fraction of sp³-hybridized carbons (Fsp3) is 0.273. The summed E-state index contributed by atoms with van der Waals surface area (Å²) in [5.41, 5.74) is 1.42. The standard InChI is InChI=1S/C11H10ClI3N2O3/c1-16-11(19)5-6(13)4(10(12)18)7(14)9(8(5)15)17-3-20-2/h17H,3H2,1-2H3,(H,16,19). The quantitative estimate of drug-likeness (QED) is 0.297. The third-order valence-corrected chi connectivity index (χ3v) is 5.79. The Kier molecular flexibility index (Phi) is 7.73. The molecule has 110 valence electrons. The van der Waals surface area contributed by atoms with Gasteiger partial charge in [-0.3, -0.25) is 9.59 Å². The molecule has 0 saturated carbocycles. The highest BCUT2D eigenvalue weighted by Gasteiger charge is 2.26. The lowest BCUT2D eigenvalue weighted by molar-refractivity contribution is 0.0961. The molecule has 0 saturated heterocycles. The molecule has 0 bridgehead atoms. The number of hydrogen-bond acceptors (Lipinski definition) is 4. The molecule has 9 heteroatoms. The van der Waals surface area contributed by atoms with E-state index in [9.17, 15) is 9.59 Å². The number of amides is 1. The lowest BCUT2D eigenvalue weighted by atomic mass is 10.1. The molecular weight excluding hydrogens is 624 g/mol. The van der Waals surface area contributed by atoms with E-state index in [1.165, 1.54) is 7.05 Å². The van der Waals surface area contributed by atoms with Gasteiger partial charge in [-0.05, 0) is 79.4 Å². The highest BCUT2D eigenvalue weighted by molar-refractivity contribution is 14.1. The van der Waals surface area contributed by atoms with Gasteiger partial charge in [-0.2, -0.15) is 0 Å². The van der Waals surface area contributed by atoms with Crippen LogP contribution < -0.4 is 10.6 Å². The Hall–Kier alpha value is 0.600. The molecule has 0 atom stereocenters. The molecule has 0 unspecified atom stereocenters. The van der Waals surface area contributed by atoms with Gasteiger partial charge in [-0.15, -0.1) is 0 Å². The summed E-state index contributed by atoms with van der Waals surface area (Å²) >= 11 is 11.7. The maximum Gasteiger partial charge on any atom is 0.254 e. The predicted octanol–water partition coefficient (Wildman–Crippen LogP) is 3.25. The van der Waals surface area contributed by atoms with E-state index in [4.69, 9.17) is 16.3 Å². The van der Waals surface area contributed by atoms with E-state index in [0.29, 0.717) is 24.0 Å². The summed E-state index contributed by atoms with van der Waals surface area (Å²) in [6.45, 7) is 0.260. The summed E-state index contributed by atoms with van der Waals surface area (Å²) < 4.78 is 6.90. The van der Waals surface area contributed by atoms with Crippen LogP contribution in [-0.4, -0.2) is 32.0 Å². The van der Waals surface area contributed by atoms with Gasteiger partial charge in [0.2, 0.25) is 0 Å². The molecule has 0 spiro atoms. The number of carbonyl (C=O) groups is 2. The molecule has 20 heavy (non-hydrogen) atoms.